The molecule has 3 aromatic carbocycles. The number of nitrogens with zero attached hydrogens (tertiary/aromatic N) is 2. The van der Waals surface area contributed by atoms with E-state index in [-0.39, 0.29) is 12.5 Å². The molecule has 1 amide bonds. The van der Waals surface area contributed by atoms with Crippen LogP contribution in [0.15, 0.2) is 84.0 Å². The number of imidazole rings is 1. The third-order valence-corrected chi connectivity index (χ3v) is 9.50. The molecule has 326 valence electrons. The van der Waals surface area contributed by atoms with Crippen molar-refractivity contribution in [3.8, 4) is 39.7 Å². The van der Waals surface area contributed by atoms with Gasteiger partial charge in [-0.1, -0.05) is 99.1 Å². The van der Waals surface area contributed by atoms with E-state index in [1.807, 2.05) is 102 Å². The highest BCUT2D eigenvalue weighted by Gasteiger charge is 2.33. The van der Waals surface area contributed by atoms with E-state index in [0.29, 0.717) is 42.6 Å². The maximum Gasteiger partial charge on any atom is 0.351 e. The van der Waals surface area contributed by atoms with E-state index in [9.17, 15) is 14.4 Å². The van der Waals surface area contributed by atoms with Crippen molar-refractivity contribution in [2.24, 2.45) is 5.16 Å². The maximum absolute atomic E-state index is 12.6. The number of carbonyl (C=O) groups is 3. The lowest BCUT2D eigenvalue weighted by molar-refractivity contribution is -0.167. The number of hydrogen-bond acceptors (Lipinski definition) is 10. The molecule has 1 unspecified atom stereocenters. The van der Waals surface area contributed by atoms with Gasteiger partial charge in [-0.15, -0.1) is 0 Å². The van der Waals surface area contributed by atoms with Crippen LogP contribution in [-0.2, 0) is 33.4 Å². The number of unbranched alkanes of at least 4 members (excludes halogenated alkanes) is 6. The molecule has 1 aliphatic rings. The first-order valence-electron chi connectivity index (χ1n) is 21.4. The Morgan fingerprint density at radius 2 is 1.39 bits per heavy atom. The van der Waals surface area contributed by atoms with Crippen molar-refractivity contribution in [3.05, 3.63) is 90.0 Å². The third kappa shape index (κ3) is 15.3. The van der Waals surface area contributed by atoms with E-state index in [0.717, 1.165) is 46.5 Å². The lowest BCUT2D eigenvalue weighted by Gasteiger charge is -2.20. The highest BCUT2D eigenvalue weighted by atomic mass is 16.7. The number of H-pyrrole nitrogens is 1. The molecule has 0 spiro atoms. The zero-order valence-electron chi connectivity index (χ0n) is 36.8. The smallest absolute Gasteiger partial charge is 0.351 e. The fourth-order valence-electron chi connectivity index (χ4n) is 6.51. The van der Waals surface area contributed by atoms with Crippen LogP contribution in [0, 0.1) is 0 Å². The van der Waals surface area contributed by atoms with Gasteiger partial charge in [0.25, 0.3) is 0 Å². The Balaban J connectivity index is 1.25. The SMILES string of the molecule is CCCCCCCCCOCCNC(=O)C=Cc1ccc(-c2[nH]c(-c3ccc(C4=NOC(C(=O)OC(C)(C)C)C4)cc3)nc2-c2ccc(OCC(=O)OC(C)(C)C)cc2)cc1. The van der Waals surface area contributed by atoms with Gasteiger partial charge in [0.1, 0.15) is 22.8 Å². The predicted molar refractivity (Wildman–Crippen MR) is 239 cm³/mol. The number of amides is 1. The molecule has 0 radical (unpaired) electrons. The Bertz CT molecular complexity index is 2090. The molecule has 0 aliphatic carbocycles. The Morgan fingerprint density at radius 1 is 0.770 bits per heavy atom. The van der Waals surface area contributed by atoms with E-state index in [1.165, 1.54) is 44.6 Å². The van der Waals surface area contributed by atoms with Crippen molar-refractivity contribution < 1.29 is 38.2 Å². The summed E-state index contributed by atoms with van der Waals surface area (Å²) in [5.74, 6) is 0.0941. The highest BCUT2D eigenvalue weighted by Crippen LogP contribution is 2.34. The van der Waals surface area contributed by atoms with Crippen molar-refractivity contribution in [1.29, 1.82) is 0 Å². The lowest BCUT2D eigenvalue weighted by Crippen LogP contribution is -2.32. The van der Waals surface area contributed by atoms with Crippen LogP contribution in [0.1, 0.15) is 111 Å². The number of hydrogen-bond donors (Lipinski definition) is 2. The summed E-state index contributed by atoms with van der Waals surface area (Å²) < 4.78 is 22.3. The van der Waals surface area contributed by atoms with E-state index in [1.54, 1.807) is 18.2 Å². The average molecular weight is 835 g/mol. The van der Waals surface area contributed by atoms with Gasteiger partial charge < -0.3 is 34.1 Å². The quantitative estimate of drug-likeness (QED) is 0.0475. The number of nitrogens with one attached hydrogen (secondary N) is 2. The van der Waals surface area contributed by atoms with E-state index in [4.69, 9.17) is 28.8 Å². The van der Waals surface area contributed by atoms with Gasteiger partial charge in [0.05, 0.1) is 23.7 Å². The van der Waals surface area contributed by atoms with Crippen LogP contribution in [0.4, 0.5) is 0 Å². The van der Waals surface area contributed by atoms with Crippen LogP contribution in [0.25, 0.3) is 40.0 Å². The molecule has 12 heteroatoms. The molecule has 2 heterocycles. The minimum Gasteiger partial charge on any atom is -0.482 e. The van der Waals surface area contributed by atoms with Crippen LogP contribution in [0.3, 0.4) is 0 Å². The number of aromatic amines is 1. The van der Waals surface area contributed by atoms with Gasteiger partial charge in [0.2, 0.25) is 12.0 Å². The molecule has 0 saturated heterocycles. The fourth-order valence-corrected chi connectivity index (χ4v) is 6.51. The minimum atomic E-state index is -0.786. The first-order chi connectivity index (χ1) is 29.2. The topological polar surface area (TPSA) is 150 Å². The van der Waals surface area contributed by atoms with Gasteiger partial charge in [-0.05, 0) is 89.4 Å². The van der Waals surface area contributed by atoms with E-state index < -0.39 is 29.2 Å². The Kier molecular flexibility index (Phi) is 16.9. The number of rotatable bonds is 21. The standard InChI is InChI=1S/C49H62N4O8/c1-8-9-10-11-12-13-14-30-57-31-29-50-42(54)28-17-34-15-18-36(19-16-34)44-45(37-24-26-39(27-25-37)58-33-43(55)59-48(2,3)4)52-46(51-44)38-22-20-35(21-23-38)40-32-41(61-53-40)47(56)60-49(5,6)7/h15-28,41H,8-14,29-33H2,1-7H3,(H,50,54)(H,51,52). The van der Waals surface area contributed by atoms with Gasteiger partial charge in [-0.25, -0.2) is 14.6 Å². The number of ether oxygens (including phenoxy) is 4. The van der Waals surface area contributed by atoms with Crippen molar-refractivity contribution in [1.82, 2.24) is 15.3 Å². The van der Waals surface area contributed by atoms with Crippen LogP contribution in [0.5, 0.6) is 5.75 Å². The second-order valence-electron chi connectivity index (χ2n) is 17.1. The summed E-state index contributed by atoms with van der Waals surface area (Å²) in [5, 5.41) is 7.07. The Labute approximate surface area is 360 Å². The number of oxime groups is 1. The molecule has 0 bridgehead atoms. The van der Waals surface area contributed by atoms with Gasteiger partial charge in [-0.2, -0.15) is 0 Å². The predicted octanol–water partition coefficient (Wildman–Crippen LogP) is 9.86. The zero-order valence-corrected chi connectivity index (χ0v) is 36.8. The first kappa shape index (κ1) is 46.3. The van der Waals surface area contributed by atoms with Crippen LogP contribution >= 0.6 is 0 Å². The number of benzene rings is 3. The molecule has 12 nitrogen and oxygen atoms in total. The molecular formula is C49H62N4O8. The second kappa shape index (κ2) is 22.2. The summed E-state index contributed by atoms with van der Waals surface area (Å²) in [7, 11) is 0. The largest absolute Gasteiger partial charge is 0.482 e. The van der Waals surface area contributed by atoms with E-state index >= 15 is 0 Å². The highest BCUT2D eigenvalue weighted by molar-refractivity contribution is 6.03. The van der Waals surface area contributed by atoms with Crippen molar-refractivity contribution in [2.75, 3.05) is 26.4 Å². The monoisotopic (exact) mass is 834 g/mol. The maximum atomic E-state index is 12.6. The van der Waals surface area contributed by atoms with Gasteiger partial charge >= 0.3 is 11.9 Å². The van der Waals surface area contributed by atoms with Gasteiger partial charge in [0.15, 0.2) is 6.61 Å². The average Bonchev–Trinajstić information content (AvgIpc) is 3.90. The van der Waals surface area contributed by atoms with Crippen LogP contribution < -0.4 is 10.1 Å². The molecule has 0 saturated carbocycles. The van der Waals surface area contributed by atoms with Crippen molar-refractivity contribution in [2.45, 2.75) is 117 Å². The summed E-state index contributed by atoms with van der Waals surface area (Å²) >= 11 is 0. The summed E-state index contributed by atoms with van der Waals surface area (Å²) in [6, 6.07) is 23.0. The van der Waals surface area contributed by atoms with Crippen molar-refractivity contribution in [3.63, 3.8) is 0 Å². The fraction of sp³-hybridized carbons (Fsp3) is 0.449. The summed E-state index contributed by atoms with van der Waals surface area (Å²) in [4.78, 5) is 51.3. The molecule has 2 N–H and O–H groups in total. The summed E-state index contributed by atoms with van der Waals surface area (Å²) in [6.45, 7) is 14.6. The Morgan fingerprint density at radius 3 is 2.07 bits per heavy atom. The van der Waals surface area contributed by atoms with Gasteiger partial charge in [0, 0.05) is 42.3 Å². The molecule has 1 aromatic heterocycles. The Hall–Kier alpha value is -5.75. The van der Waals surface area contributed by atoms with Crippen LogP contribution in [-0.4, -0.2) is 77.2 Å². The molecule has 5 rings (SSSR count). The lowest BCUT2D eigenvalue weighted by atomic mass is 10.0. The zero-order chi connectivity index (χ0) is 43.8. The molecule has 1 aliphatic heterocycles. The van der Waals surface area contributed by atoms with Crippen molar-refractivity contribution >= 4 is 29.6 Å². The van der Waals surface area contributed by atoms with E-state index in [2.05, 4.69) is 22.4 Å². The number of carbonyl (C=O) groups excluding carboxylic acids is 3. The van der Waals surface area contributed by atoms with Gasteiger partial charge in [-0.3, -0.25) is 4.79 Å². The first-order valence-corrected chi connectivity index (χ1v) is 21.4. The third-order valence-electron chi connectivity index (χ3n) is 9.50. The number of aromatic nitrogens is 2. The molecule has 1 atom stereocenters. The summed E-state index contributed by atoms with van der Waals surface area (Å²) in [5.41, 5.74) is 5.19. The molecular weight excluding hydrogens is 773 g/mol. The minimum absolute atomic E-state index is 0.177. The second-order valence-corrected chi connectivity index (χ2v) is 17.1. The molecule has 61 heavy (non-hydrogen) atoms. The molecule has 0 fully saturated rings. The summed E-state index contributed by atoms with van der Waals surface area (Å²) in [6.07, 6.45) is 11.5. The molecule has 4 aromatic rings. The normalized spacial score (nSPS) is 14.1. The van der Waals surface area contributed by atoms with Crippen LogP contribution in [0.2, 0.25) is 0 Å². The number of esters is 2.